The molecular formula is C17H23N3O. The number of benzene rings is 1. The van der Waals surface area contributed by atoms with Gasteiger partial charge in [0.1, 0.15) is 0 Å². The summed E-state index contributed by atoms with van der Waals surface area (Å²) in [7, 11) is 1.88. The van der Waals surface area contributed by atoms with Crippen molar-refractivity contribution in [2.24, 2.45) is 18.2 Å². The largest absolute Gasteiger partial charge is 0.388 e. The average Bonchev–Trinajstić information content (AvgIpc) is 2.84. The predicted octanol–water partition coefficient (Wildman–Crippen LogP) is 1.90. The van der Waals surface area contributed by atoms with Gasteiger partial charge in [-0.2, -0.15) is 5.10 Å². The number of nitrogens with zero attached hydrogens (tertiary/aromatic N) is 2. The Labute approximate surface area is 125 Å². The van der Waals surface area contributed by atoms with Crippen LogP contribution in [0.25, 0.3) is 0 Å². The number of aryl methyl sites for hydroxylation is 3. The van der Waals surface area contributed by atoms with Crippen LogP contribution in [0, 0.1) is 12.3 Å². The second-order valence-corrected chi connectivity index (χ2v) is 6.26. The number of aliphatic hydroxyl groups excluding tert-OH is 1. The molecule has 1 aliphatic rings. The van der Waals surface area contributed by atoms with Crippen LogP contribution in [0.1, 0.15) is 34.9 Å². The van der Waals surface area contributed by atoms with Crippen molar-refractivity contribution in [3.8, 4) is 0 Å². The van der Waals surface area contributed by atoms with E-state index < -0.39 is 6.10 Å². The minimum Gasteiger partial charge on any atom is -0.388 e. The van der Waals surface area contributed by atoms with Crippen LogP contribution in [0.15, 0.2) is 30.5 Å². The highest BCUT2D eigenvalue weighted by atomic mass is 16.3. The van der Waals surface area contributed by atoms with Gasteiger partial charge >= 0.3 is 0 Å². The second kappa shape index (κ2) is 5.28. The van der Waals surface area contributed by atoms with E-state index in [1.165, 1.54) is 11.1 Å². The summed E-state index contributed by atoms with van der Waals surface area (Å²) in [6.07, 6.45) is 4.07. The molecule has 1 aromatic heterocycles. The molecule has 0 saturated heterocycles. The number of aromatic nitrogens is 2. The smallest absolute Gasteiger partial charge is 0.0894 e. The molecule has 0 fully saturated rings. The van der Waals surface area contributed by atoms with Gasteiger partial charge in [-0.3, -0.25) is 4.68 Å². The summed E-state index contributed by atoms with van der Waals surface area (Å²) in [5.74, 6) is 0. The first-order valence-electron chi connectivity index (χ1n) is 7.51. The van der Waals surface area contributed by atoms with Crippen molar-refractivity contribution in [3.63, 3.8) is 0 Å². The SMILES string of the molecule is Cc1nn(C)cc1C(O)C1(CN)CCc2ccccc2C1. The Morgan fingerprint density at radius 3 is 2.71 bits per heavy atom. The second-order valence-electron chi connectivity index (χ2n) is 6.26. The lowest BCUT2D eigenvalue weighted by atomic mass is 9.66. The van der Waals surface area contributed by atoms with Crippen LogP contribution >= 0.6 is 0 Å². The van der Waals surface area contributed by atoms with Crippen LogP contribution in [0.5, 0.6) is 0 Å². The van der Waals surface area contributed by atoms with Crippen molar-refractivity contribution >= 4 is 0 Å². The normalized spacial score (nSPS) is 22.9. The summed E-state index contributed by atoms with van der Waals surface area (Å²) in [4.78, 5) is 0. The van der Waals surface area contributed by atoms with E-state index in [1.807, 2.05) is 20.2 Å². The third-order valence-corrected chi connectivity index (χ3v) is 4.89. The van der Waals surface area contributed by atoms with E-state index in [2.05, 4.69) is 29.4 Å². The molecule has 3 N–H and O–H groups in total. The Bertz CT molecular complexity index is 649. The predicted molar refractivity (Wildman–Crippen MR) is 82.9 cm³/mol. The van der Waals surface area contributed by atoms with E-state index >= 15 is 0 Å². The van der Waals surface area contributed by atoms with E-state index in [4.69, 9.17) is 5.73 Å². The number of hydrogen-bond acceptors (Lipinski definition) is 3. The quantitative estimate of drug-likeness (QED) is 0.905. The summed E-state index contributed by atoms with van der Waals surface area (Å²) >= 11 is 0. The van der Waals surface area contributed by atoms with E-state index in [9.17, 15) is 5.11 Å². The molecule has 1 heterocycles. The highest BCUT2D eigenvalue weighted by Gasteiger charge is 2.41. The minimum absolute atomic E-state index is 0.290. The molecule has 2 atom stereocenters. The van der Waals surface area contributed by atoms with Gasteiger partial charge in [0.05, 0.1) is 11.8 Å². The van der Waals surface area contributed by atoms with E-state index in [1.54, 1.807) is 4.68 Å². The lowest BCUT2D eigenvalue weighted by Crippen LogP contribution is -2.41. The van der Waals surface area contributed by atoms with Crippen molar-refractivity contribution in [2.75, 3.05) is 6.54 Å². The number of nitrogens with two attached hydrogens (primary N) is 1. The van der Waals surface area contributed by atoms with Crippen LogP contribution in [-0.2, 0) is 19.9 Å². The van der Waals surface area contributed by atoms with Crippen LogP contribution < -0.4 is 5.73 Å². The summed E-state index contributed by atoms with van der Waals surface area (Å²) in [6.45, 7) is 2.43. The molecule has 0 spiro atoms. The lowest BCUT2D eigenvalue weighted by molar-refractivity contribution is 0.0173. The van der Waals surface area contributed by atoms with Gasteiger partial charge in [-0.05, 0) is 37.3 Å². The number of hydrogen-bond donors (Lipinski definition) is 2. The maximum atomic E-state index is 11.0. The lowest BCUT2D eigenvalue weighted by Gasteiger charge is -2.41. The molecule has 0 radical (unpaired) electrons. The highest BCUT2D eigenvalue weighted by Crippen LogP contribution is 2.44. The van der Waals surface area contributed by atoms with Crippen LogP contribution in [0.3, 0.4) is 0 Å². The first-order valence-corrected chi connectivity index (χ1v) is 7.51. The van der Waals surface area contributed by atoms with Crippen molar-refractivity contribution in [2.45, 2.75) is 32.3 Å². The number of aliphatic hydroxyl groups is 1. The number of rotatable bonds is 3. The molecule has 1 aliphatic carbocycles. The summed E-state index contributed by atoms with van der Waals surface area (Å²) in [6, 6.07) is 8.47. The van der Waals surface area contributed by atoms with Crippen LogP contribution in [0.4, 0.5) is 0 Å². The van der Waals surface area contributed by atoms with Gasteiger partial charge in [-0.15, -0.1) is 0 Å². The third-order valence-electron chi connectivity index (χ3n) is 4.89. The standard InChI is InChI=1S/C17H23N3O/c1-12-15(10-20(2)19-12)16(21)17(11-18)8-7-13-5-3-4-6-14(13)9-17/h3-6,10,16,21H,7-9,11,18H2,1-2H3. The van der Waals surface area contributed by atoms with Gasteiger partial charge < -0.3 is 10.8 Å². The van der Waals surface area contributed by atoms with Crippen molar-refractivity contribution in [1.29, 1.82) is 0 Å². The molecule has 0 bridgehead atoms. The molecular weight excluding hydrogens is 262 g/mol. The van der Waals surface area contributed by atoms with Gasteiger partial charge in [0, 0.05) is 30.8 Å². The fraction of sp³-hybridized carbons (Fsp3) is 0.471. The van der Waals surface area contributed by atoms with Crippen molar-refractivity contribution < 1.29 is 5.11 Å². The first-order chi connectivity index (χ1) is 10.1. The highest BCUT2D eigenvalue weighted by molar-refractivity contribution is 5.33. The van der Waals surface area contributed by atoms with Crippen molar-refractivity contribution in [3.05, 3.63) is 52.8 Å². The maximum absolute atomic E-state index is 11.0. The maximum Gasteiger partial charge on any atom is 0.0894 e. The Morgan fingerprint density at radius 1 is 1.38 bits per heavy atom. The Morgan fingerprint density at radius 2 is 2.10 bits per heavy atom. The molecule has 3 rings (SSSR count). The summed E-state index contributed by atoms with van der Waals surface area (Å²) in [5.41, 5.74) is 10.3. The Balaban J connectivity index is 1.97. The molecule has 4 nitrogen and oxygen atoms in total. The summed E-state index contributed by atoms with van der Waals surface area (Å²) in [5, 5.41) is 15.3. The fourth-order valence-electron chi connectivity index (χ4n) is 3.56. The van der Waals surface area contributed by atoms with Gasteiger partial charge in [0.25, 0.3) is 0 Å². The summed E-state index contributed by atoms with van der Waals surface area (Å²) < 4.78 is 1.76. The monoisotopic (exact) mass is 285 g/mol. The van der Waals surface area contributed by atoms with E-state index in [-0.39, 0.29) is 5.41 Å². The van der Waals surface area contributed by atoms with Gasteiger partial charge in [-0.1, -0.05) is 24.3 Å². The average molecular weight is 285 g/mol. The van der Waals surface area contributed by atoms with Gasteiger partial charge in [0.15, 0.2) is 0 Å². The van der Waals surface area contributed by atoms with Crippen molar-refractivity contribution in [1.82, 2.24) is 9.78 Å². The zero-order valence-corrected chi connectivity index (χ0v) is 12.7. The molecule has 2 unspecified atom stereocenters. The molecule has 2 aromatic rings. The van der Waals surface area contributed by atoms with Crippen LogP contribution in [0.2, 0.25) is 0 Å². The molecule has 112 valence electrons. The minimum atomic E-state index is -0.565. The molecule has 0 saturated carbocycles. The topological polar surface area (TPSA) is 64.1 Å². The first kappa shape index (κ1) is 14.3. The fourth-order valence-corrected chi connectivity index (χ4v) is 3.56. The van der Waals surface area contributed by atoms with E-state index in [0.29, 0.717) is 6.54 Å². The number of fused-ring (bicyclic) bond motifs is 1. The van der Waals surface area contributed by atoms with E-state index in [0.717, 1.165) is 30.5 Å². The Hall–Kier alpha value is -1.65. The molecule has 0 aliphatic heterocycles. The molecule has 1 aromatic carbocycles. The molecule has 21 heavy (non-hydrogen) atoms. The third kappa shape index (κ3) is 2.39. The molecule has 0 amide bonds. The van der Waals surface area contributed by atoms with Crippen LogP contribution in [-0.4, -0.2) is 21.4 Å². The zero-order chi connectivity index (χ0) is 15.0. The Kier molecular flexibility index (Phi) is 3.59. The zero-order valence-electron chi connectivity index (χ0n) is 12.7. The van der Waals surface area contributed by atoms with Gasteiger partial charge in [-0.25, -0.2) is 0 Å². The molecule has 4 heteroatoms. The van der Waals surface area contributed by atoms with Gasteiger partial charge in [0.2, 0.25) is 0 Å².